The van der Waals surface area contributed by atoms with Gasteiger partial charge in [0.15, 0.2) is 0 Å². The molecular weight excluding hydrogens is 537 g/mol. The smallest absolute Gasteiger partial charge is 0.448 e. The molecule has 3 heterocycles. The maximum absolute atomic E-state index is 13.4. The van der Waals surface area contributed by atoms with E-state index < -0.39 is 7.12 Å². The number of ether oxygens (including phenoxy) is 1. The minimum atomic E-state index is -0.410. The molecule has 0 saturated carbocycles. The summed E-state index contributed by atoms with van der Waals surface area (Å²) in [6.07, 6.45) is 3.46. The summed E-state index contributed by atoms with van der Waals surface area (Å²) < 4.78 is 18.4. The first-order valence-corrected chi connectivity index (χ1v) is 15.7. The molecule has 43 heavy (non-hydrogen) atoms. The van der Waals surface area contributed by atoms with Crippen molar-refractivity contribution in [3.63, 3.8) is 0 Å². The van der Waals surface area contributed by atoms with Crippen LogP contribution in [0.3, 0.4) is 0 Å². The van der Waals surface area contributed by atoms with E-state index in [9.17, 15) is 9.59 Å². The first-order chi connectivity index (χ1) is 20.6. The Morgan fingerprint density at radius 3 is 1.91 bits per heavy atom. The van der Waals surface area contributed by atoms with Crippen LogP contribution in [-0.4, -0.2) is 53.8 Å². The number of piperidine rings is 1. The van der Waals surface area contributed by atoms with Gasteiger partial charge in [-0.3, -0.25) is 4.79 Å². The fourth-order valence-electron chi connectivity index (χ4n) is 7.52. The van der Waals surface area contributed by atoms with Crippen LogP contribution in [0.2, 0.25) is 0 Å². The van der Waals surface area contributed by atoms with E-state index in [1.165, 1.54) is 22.3 Å². The van der Waals surface area contributed by atoms with Crippen molar-refractivity contribution in [2.24, 2.45) is 5.92 Å². The van der Waals surface area contributed by atoms with E-state index in [2.05, 4.69) is 48.5 Å². The van der Waals surface area contributed by atoms with Crippen molar-refractivity contribution in [2.75, 3.05) is 6.61 Å². The Morgan fingerprint density at radius 1 is 0.814 bits per heavy atom. The summed E-state index contributed by atoms with van der Waals surface area (Å²) in [5.41, 5.74) is 6.06. The van der Waals surface area contributed by atoms with E-state index in [1.807, 2.05) is 56.9 Å². The number of fused-ring (bicyclic) bond motifs is 5. The summed E-state index contributed by atoms with van der Waals surface area (Å²) in [6.45, 7) is 8.52. The quantitative estimate of drug-likeness (QED) is 0.323. The van der Waals surface area contributed by atoms with Crippen molar-refractivity contribution >= 4 is 24.5 Å². The van der Waals surface area contributed by atoms with Gasteiger partial charge in [0, 0.05) is 30.3 Å². The molecule has 7 rings (SSSR count). The SMILES string of the molecule is CC1(C)OB(c2ccc(CC(=O)C3CC4CCC(C3)N4C(=O)OCC3c4ccccc4-c4ccccc43)cc2)OC1(C)C. The molecule has 6 nitrogen and oxygen atoms in total. The second-order valence-electron chi connectivity index (χ2n) is 13.7. The van der Waals surface area contributed by atoms with Gasteiger partial charge in [-0.05, 0) is 86.7 Å². The number of nitrogens with zero attached hydrogens (tertiary/aromatic N) is 1. The minimum Gasteiger partial charge on any atom is -0.448 e. The van der Waals surface area contributed by atoms with Crippen LogP contribution in [0.1, 0.15) is 76.0 Å². The van der Waals surface area contributed by atoms with Gasteiger partial charge in [0.2, 0.25) is 0 Å². The first kappa shape index (κ1) is 28.4. The van der Waals surface area contributed by atoms with E-state index in [0.717, 1.165) is 23.9 Å². The molecule has 3 saturated heterocycles. The number of ketones is 1. The van der Waals surface area contributed by atoms with Crippen LogP contribution >= 0.6 is 0 Å². The summed E-state index contributed by atoms with van der Waals surface area (Å²) in [4.78, 5) is 28.8. The van der Waals surface area contributed by atoms with Gasteiger partial charge in [-0.1, -0.05) is 72.8 Å². The van der Waals surface area contributed by atoms with Gasteiger partial charge < -0.3 is 18.9 Å². The maximum Gasteiger partial charge on any atom is 0.494 e. The molecule has 0 spiro atoms. The van der Waals surface area contributed by atoms with Gasteiger partial charge in [-0.25, -0.2) is 4.79 Å². The van der Waals surface area contributed by atoms with E-state index in [4.69, 9.17) is 14.0 Å². The van der Waals surface area contributed by atoms with Gasteiger partial charge in [0.1, 0.15) is 12.4 Å². The van der Waals surface area contributed by atoms with Gasteiger partial charge in [-0.2, -0.15) is 0 Å². The lowest BCUT2D eigenvalue weighted by atomic mass is 9.78. The fraction of sp³-hybridized carbons (Fsp3) is 0.444. The van der Waals surface area contributed by atoms with Crippen molar-refractivity contribution in [3.05, 3.63) is 89.5 Å². The lowest BCUT2D eigenvalue weighted by molar-refractivity contribution is -0.124. The van der Waals surface area contributed by atoms with Crippen molar-refractivity contribution in [1.29, 1.82) is 0 Å². The number of carbonyl (C=O) groups excluding carboxylic acids is 2. The largest absolute Gasteiger partial charge is 0.494 e. The van der Waals surface area contributed by atoms with Crippen molar-refractivity contribution < 1.29 is 23.6 Å². The van der Waals surface area contributed by atoms with Crippen LogP contribution in [0.4, 0.5) is 4.79 Å². The maximum atomic E-state index is 13.4. The predicted molar refractivity (Wildman–Crippen MR) is 167 cm³/mol. The third kappa shape index (κ3) is 5.00. The fourth-order valence-corrected chi connectivity index (χ4v) is 7.52. The summed E-state index contributed by atoms with van der Waals surface area (Å²) in [6, 6.07) is 25.0. The highest BCUT2D eigenvalue weighted by atomic mass is 16.7. The van der Waals surface area contributed by atoms with Crippen LogP contribution < -0.4 is 5.46 Å². The number of carbonyl (C=O) groups is 2. The van der Waals surface area contributed by atoms with Gasteiger partial charge in [0.05, 0.1) is 11.2 Å². The van der Waals surface area contributed by atoms with Crippen LogP contribution in [0.5, 0.6) is 0 Å². The molecule has 3 fully saturated rings. The highest BCUT2D eigenvalue weighted by molar-refractivity contribution is 6.62. The Labute approximate surface area is 254 Å². The number of hydrogen-bond acceptors (Lipinski definition) is 5. The van der Waals surface area contributed by atoms with E-state index in [0.29, 0.717) is 25.9 Å². The monoisotopic (exact) mass is 577 g/mol. The van der Waals surface area contributed by atoms with Crippen molar-refractivity contribution in [2.45, 2.75) is 89.0 Å². The lowest BCUT2D eigenvalue weighted by Crippen LogP contribution is -2.48. The Balaban J connectivity index is 0.956. The molecule has 2 unspecified atom stereocenters. The third-order valence-corrected chi connectivity index (χ3v) is 10.6. The zero-order chi connectivity index (χ0) is 29.9. The van der Waals surface area contributed by atoms with E-state index in [1.54, 1.807) is 0 Å². The Bertz CT molecular complexity index is 1470. The number of hydrogen-bond donors (Lipinski definition) is 0. The highest BCUT2D eigenvalue weighted by Crippen LogP contribution is 2.45. The molecule has 1 amide bonds. The number of benzene rings is 3. The topological polar surface area (TPSA) is 65.1 Å². The number of amides is 1. The van der Waals surface area contributed by atoms with Gasteiger partial charge >= 0.3 is 13.2 Å². The molecule has 0 aromatic heterocycles. The summed E-state index contributed by atoms with van der Waals surface area (Å²) in [7, 11) is -0.410. The average molecular weight is 578 g/mol. The van der Waals surface area contributed by atoms with Crippen LogP contribution in [-0.2, 0) is 25.3 Å². The number of Topliss-reactive ketones (excluding diaryl/α,β-unsaturated/α-hetero) is 1. The molecule has 0 N–H and O–H groups in total. The first-order valence-electron chi connectivity index (χ1n) is 15.7. The third-order valence-electron chi connectivity index (χ3n) is 10.6. The van der Waals surface area contributed by atoms with Crippen molar-refractivity contribution in [3.8, 4) is 11.1 Å². The number of rotatable bonds is 6. The van der Waals surface area contributed by atoms with Crippen LogP contribution in [0, 0.1) is 5.92 Å². The summed E-state index contributed by atoms with van der Waals surface area (Å²) >= 11 is 0. The van der Waals surface area contributed by atoms with Crippen LogP contribution in [0.15, 0.2) is 72.8 Å². The second kappa shape index (κ2) is 10.6. The second-order valence-corrected chi connectivity index (χ2v) is 13.7. The molecule has 222 valence electrons. The molecule has 3 aliphatic heterocycles. The van der Waals surface area contributed by atoms with Crippen molar-refractivity contribution in [1.82, 2.24) is 4.90 Å². The van der Waals surface area contributed by atoms with Crippen LogP contribution in [0.25, 0.3) is 11.1 Å². The van der Waals surface area contributed by atoms with Gasteiger partial charge in [-0.15, -0.1) is 0 Å². The highest BCUT2D eigenvalue weighted by Gasteiger charge is 2.51. The normalized spacial score (nSPS) is 25.0. The average Bonchev–Trinajstić information content (AvgIpc) is 3.54. The Hall–Kier alpha value is -3.42. The van der Waals surface area contributed by atoms with E-state index >= 15 is 0 Å². The predicted octanol–water partition coefficient (Wildman–Crippen LogP) is 6.29. The van der Waals surface area contributed by atoms with Gasteiger partial charge in [0.25, 0.3) is 0 Å². The lowest BCUT2D eigenvalue weighted by Gasteiger charge is -2.37. The molecule has 4 aliphatic rings. The molecule has 0 radical (unpaired) electrons. The Morgan fingerprint density at radius 2 is 1.35 bits per heavy atom. The van der Waals surface area contributed by atoms with E-state index in [-0.39, 0.29) is 47.0 Å². The minimum absolute atomic E-state index is 0.0297. The molecule has 3 aromatic rings. The molecule has 2 bridgehead atoms. The molecule has 1 aliphatic carbocycles. The molecule has 7 heteroatoms. The standard InChI is InChI=1S/C36H40BNO5/c1-35(2)36(3,4)43-37(42-35)25-15-13-23(14-16-25)19-33(39)24-20-26-17-18-27(21-24)38(26)34(40)41-22-32-30-11-7-5-9-28(30)29-10-6-8-12-31(29)32/h5-16,24,26-27,32H,17-22H2,1-4H3. The zero-order valence-electron chi connectivity index (χ0n) is 25.5. The molecule has 2 atom stereocenters. The summed E-state index contributed by atoms with van der Waals surface area (Å²) in [5, 5.41) is 0. The zero-order valence-corrected chi connectivity index (χ0v) is 25.5. The molecular formula is C36H40BNO5. The Kier molecular flexibility index (Phi) is 7.02. The molecule has 3 aromatic carbocycles. The summed E-state index contributed by atoms with van der Waals surface area (Å²) in [5.74, 6) is 0.273.